The first-order valence-corrected chi connectivity index (χ1v) is 7.46. The third-order valence-electron chi connectivity index (χ3n) is 4.57. The third-order valence-corrected chi connectivity index (χ3v) is 4.57. The summed E-state index contributed by atoms with van der Waals surface area (Å²) in [6, 6.07) is 0.336. The van der Waals surface area contributed by atoms with Crippen LogP contribution >= 0.6 is 24.8 Å². The molecule has 2 fully saturated rings. The molecule has 2 rings (SSSR count). The quantitative estimate of drug-likeness (QED) is 0.835. The van der Waals surface area contributed by atoms with Crippen molar-refractivity contribution >= 4 is 30.7 Å². The summed E-state index contributed by atoms with van der Waals surface area (Å²) in [7, 11) is 0. The molecule has 1 aliphatic carbocycles. The predicted molar refractivity (Wildman–Crippen MR) is 87.8 cm³/mol. The molecule has 4 nitrogen and oxygen atoms in total. The fourth-order valence-corrected chi connectivity index (χ4v) is 3.13. The van der Waals surface area contributed by atoms with Crippen molar-refractivity contribution in [1.29, 1.82) is 0 Å². The molecule has 0 aromatic rings. The first kappa shape index (κ1) is 20.0. The maximum Gasteiger partial charge on any atom is 0.240 e. The molecule has 0 atom stereocenters. The molecule has 6 heteroatoms. The Morgan fingerprint density at radius 1 is 1.20 bits per heavy atom. The summed E-state index contributed by atoms with van der Waals surface area (Å²) in [6.07, 6.45) is 7.25. The number of amides is 1. The van der Waals surface area contributed by atoms with Crippen molar-refractivity contribution < 1.29 is 4.79 Å². The highest BCUT2D eigenvalue weighted by atomic mass is 35.5. The molecule has 1 saturated heterocycles. The smallest absolute Gasteiger partial charge is 0.240 e. The van der Waals surface area contributed by atoms with E-state index in [0.717, 1.165) is 58.2 Å². The van der Waals surface area contributed by atoms with E-state index in [4.69, 9.17) is 5.73 Å². The predicted octanol–water partition coefficient (Wildman–Crippen LogP) is 2.09. The zero-order chi connectivity index (χ0) is 13.0. The van der Waals surface area contributed by atoms with Crippen molar-refractivity contribution in [2.75, 3.05) is 19.6 Å². The summed E-state index contributed by atoms with van der Waals surface area (Å²) in [5.41, 5.74) is 5.67. The Kier molecular flexibility index (Phi) is 9.07. The number of carbonyl (C=O) groups is 1. The van der Waals surface area contributed by atoms with Crippen LogP contribution in [0.15, 0.2) is 0 Å². The van der Waals surface area contributed by atoms with Gasteiger partial charge in [-0.1, -0.05) is 26.2 Å². The normalized spacial score (nSPS) is 23.3. The topological polar surface area (TPSA) is 58.4 Å². The van der Waals surface area contributed by atoms with E-state index < -0.39 is 5.54 Å². The van der Waals surface area contributed by atoms with E-state index >= 15 is 0 Å². The molecule has 0 bridgehead atoms. The minimum Gasteiger partial charge on any atom is -0.352 e. The zero-order valence-corrected chi connectivity index (χ0v) is 14.0. The lowest BCUT2D eigenvalue weighted by Gasteiger charge is -2.36. The van der Waals surface area contributed by atoms with Crippen LogP contribution in [-0.2, 0) is 4.79 Å². The van der Waals surface area contributed by atoms with E-state index in [9.17, 15) is 4.79 Å². The number of halogens is 2. The molecule has 0 radical (unpaired) electrons. The average molecular weight is 326 g/mol. The monoisotopic (exact) mass is 325 g/mol. The van der Waals surface area contributed by atoms with Crippen LogP contribution in [0.2, 0.25) is 0 Å². The van der Waals surface area contributed by atoms with Crippen molar-refractivity contribution in [3.8, 4) is 0 Å². The van der Waals surface area contributed by atoms with E-state index in [1.807, 2.05) is 0 Å². The van der Waals surface area contributed by atoms with Crippen LogP contribution in [0.25, 0.3) is 0 Å². The van der Waals surface area contributed by atoms with Gasteiger partial charge in [0.1, 0.15) is 0 Å². The molecule has 1 heterocycles. The highest BCUT2D eigenvalue weighted by Gasteiger charge is 2.36. The maximum atomic E-state index is 12.3. The van der Waals surface area contributed by atoms with E-state index in [1.54, 1.807) is 0 Å². The number of carbonyl (C=O) groups excluding carboxylic acids is 1. The number of nitrogens with zero attached hydrogens (tertiary/aromatic N) is 1. The van der Waals surface area contributed by atoms with Crippen LogP contribution in [0.1, 0.15) is 51.9 Å². The molecule has 1 aliphatic heterocycles. The van der Waals surface area contributed by atoms with Gasteiger partial charge in [-0.25, -0.2) is 0 Å². The fraction of sp³-hybridized carbons (Fsp3) is 0.929. The minimum atomic E-state index is -0.583. The second-order valence-corrected chi connectivity index (χ2v) is 5.90. The zero-order valence-electron chi connectivity index (χ0n) is 12.4. The van der Waals surface area contributed by atoms with Crippen molar-refractivity contribution in [1.82, 2.24) is 10.2 Å². The van der Waals surface area contributed by atoms with Crippen LogP contribution in [-0.4, -0.2) is 42.0 Å². The number of rotatable bonds is 3. The van der Waals surface area contributed by atoms with Gasteiger partial charge in [-0.05, 0) is 32.2 Å². The van der Waals surface area contributed by atoms with E-state index in [2.05, 4.69) is 17.1 Å². The van der Waals surface area contributed by atoms with E-state index in [-0.39, 0.29) is 30.7 Å². The summed E-state index contributed by atoms with van der Waals surface area (Å²) in [5, 5.41) is 3.18. The highest BCUT2D eigenvalue weighted by molar-refractivity contribution is 5.86. The Hall–Kier alpha value is -0.0300. The summed E-state index contributed by atoms with van der Waals surface area (Å²) >= 11 is 0. The lowest BCUT2D eigenvalue weighted by molar-refractivity contribution is -0.128. The van der Waals surface area contributed by atoms with E-state index in [1.165, 1.54) is 6.42 Å². The molecule has 0 spiro atoms. The van der Waals surface area contributed by atoms with Gasteiger partial charge in [-0.2, -0.15) is 0 Å². The summed E-state index contributed by atoms with van der Waals surface area (Å²) in [6.45, 7) is 5.50. The summed E-state index contributed by atoms with van der Waals surface area (Å²) in [4.78, 5) is 14.7. The molecule has 0 aromatic carbocycles. The summed E-state index contributed by atoms with van der Waals surface area (Å²) < 4.78 is 0. The molecule has 2 aliphatic rings. The average Bonchev–Trinajstić information content (AvgIpc) is 2.40. The van der Waals surface area contributed by atoms with Crippen LogP contribution < -0.4 is 11.1 Å². The first-order valence-electron chi connectivity index (χ1n) is 7.46. The maximum absolute atomic E-state index is 12.3. The number of piperidine rings is 1. The number of likely N-dealkylation sites (tertiary alicyclic amines) is 1. The molecular formula is C14H29Cl2N3O. The van der Waals surface area contributed by atoms with Gasteiger partial charge in [0.2, 0.25) is 5.91 Å². The molecule has 1 amide bonds. The van der Waals surface area contributed by atoms with E-state index in [0.29, 0.717) is 6.04 Å². The van der Waals surface area contributed by atoms with Gasteiger partial charge in [-0.3, -0.25) is 4.79 Å². The van der Waals surface area contributed by atoms with Gasteiger partial charge in [0.05, 0.1) is 5.54 Å². The Balaban J connectivity index is 0.00000180. The second-order valence-electron chi connectivity index (χ2n) is 5.90. The van der Waals surface area contributed by atoms with Crippen molar-refractivity contribution in [2.24, 2.45) is 5.73 Å². The first-order chi connectivity index (χ1) is 8.64. The van der Waals surface area contributed by atoms with Crippen LogP contribution in [0.4, 0.5) is 0 Å². The molecule has 1 saturated carbocycles. The largest absolute Gasteiger partial charge is 0.352 e. The number of nitrogens with two attached hydrogens (primary N) is 1. The summed E-state index contributed by atoms with van der Waals surface area (Å²) in [5.74, 6) is 0.0946. The Morgan fingerprint density at radius 3 is 2.25 bits per heavy atom. The van der Waals surface area contributed by atoms with Crippen molar-refractivity contribution in [2.45, 2.75) is 63.5 Å². The van der Waals surface area contributed by atoms with Crippen LogP contribution in [0.5, 0.6) is 0 Å². The minimum absolute atomic E-state index is 0. The van der Waals surface area contributed by atoms with Gasteiger partial charge in [0.15, 0.2) is 0 Å². The fourth-order valence-electron chi connectivity index (χ4n) is 3.13. The van der Waals surface area contributed by atoms with Gasteiger partial charge >= 0.3 is 0 Å². The Morgan fingerprint density at radius 2 is 1.75 bits per heavy atom. The van der Waals surface area contributed by atoms with Crippen molar-refractivity contribution in [3.63, 3.8) is 0 Å². The number of nitrogens with one attached hydrogen (secondary N) is 1. The number of hydrogen-bond donors (Lipinski definition) is 2. The molecule has 20 heavy (non-hydrogen) atoms. The Bertz CT molecular complexity index is 288. The number of hydrogen-bond acceptors (Lipinski definition) is 3. The second kappa shape index (κ2) is 9.08. The molecule has 120 valence electrons. The van der Waals surface area contributed by atoms with Crippen LogP contribution in [0.3, 0.4) is 0 Å². The molecule has 3 N–H and O–H groups in total. The molecule has 0 aromatic heterocycles. The van der Waals surface area contributed by atoms with Crippen molar-refractivity contribution in [3.05, 3.63) is 0 Å². The molecular weight excluding hydrogens is 297 g/mol. The SMILES string of the molecule is CCN1CCC(NC(=O)C2(N)CCCCC2)CC1.Cl.Cl. The van der Waals surface area contributed by atoms with Gasteiger partial charge in [0, 0.05) is 19.1 Å². The highest BCUT2D eigenvalue weighted by Crippen LogP contribution is 2.26. The Labute approximate surface area is 135 Å². The standard InChI is InChI=1S/C14H27N3O.2ClH/c1-2-17-10-6-12(7-11-17)16-13(18)14(15)8-4-3-5-9-14;;/h12H,2-11,15H2,1H3,(H,16,18);2*1H. The lowest BCUT2D eigenvalue weighted by atomic mass is 9.81. The lowest BCUT2D eigenvalue weighted by Crippen LogP contribution is -2.58. The van der Waals surface area contributed by atoms with Gasteiger partial charge < -0.3 is 16.0 Å². The molecule has 0 unspecified atom stereocenters. The third kappa shape index (κ3) is 5.06. The van der Waals surface area contributed by atoms with Gasteiger partial charge in [0.25, 0.3) is 0 Å². The van der Waals surface area contributed by atoms with Gasteiger partial charge in [-0.15, -0.1) is 24.8 Å². The van der Waals surface area contributed by atoms with Crippen LogP contribution in [0, 0.1) is 0 Å².